The maximum Gasteiger partial charge on any atom is 0.340 e. The summed E-state index contributed by atoms with van der Waals surface area (Å²) < 4.78 is 4.85. The van der Waals surface area contributed by atoms with Crippen LogP contribution in [0.3, 0.4) is 0 Å². The van der Waals surface area contributed by atoms with Crippen molar-refractivity contribution in [1.29, 1.82) is 0 Å². The molecule has 21 heavy (non-hydrogen) atoms. The Labute approximate surface area is 124 Å². The standard InChI is InChI=1S/C16H19N3O2/c1-3-19(11-12-7-9-18-10-8-12)15-13(16(20)21-2)5-4-6-14(15)17/h4-10H,3,11,17H2,1-2H3. The lowest BCUT2D eigenvalue weighted by atomic mass is 10.1. The number of nitrogens with zero attached hydrogens (tertiary/aromatic N) is 2. The molecule has 1 heterocycles. The monoisotopic (exact) mass is 285 g/mol. The molecule has 1 aromatic carbocycles. The highest BCUT2D eigenvalue weighted by Crippen LogP contribution is 2.29. The summed E-state index contributed by atoms with van der Waals surface area (Å²) in [4.78, 5) is 18.0. The largest absolute Gasteiger partial charge is 0.465 e. The van der Waals surface area contributed by atoms with Crippen molar-refractivity contribution >= 4 is 17.3 Å². The summed E-state index contributed by atoms with van der Waals surface area (Å²) in [6.45, 7) is 3.40. The molecule has 1 aromatic heterocycles. The number of methoxy groups -OCH3 is 1. The number of carbonyl (C=O) groups is 1. The molecular formula is C16H19N3O2. The minimum absolute atomic E-state index is 0.384. The SMILES string of the molecule is CCN(Cc1ccncc1)c1c(N)cccc1C(=O)OC. The highest BCUT2D eigenvalue weighted by atomic mass is 16.5. The number of aromatic nitrogens is 1. The Hall–Kier alpha value is -2.56. The van der Waals surface area contributed by atoms with Gasteiger partial charge in [0.15, 0.2) is 0 Å². The van der Waals surface area contributed by atoms with E-state index in [9.17, 15) is 4.79 Å². The molecule has 0 aliphatic rings. The fraction of sp³-hybridized carbons (Fsp3) is 0.250. The van der Waals surface area contributed by atoms with Crippen LogP contribution in [0.2, 0.25) is 0 Å². The van der Waals surface area contributed by atoms with Gasteiger partial charge in [-0.1, -0.05) is 6.07 Å². The molecule has 2 aromatic rings. The van der Waals surface area contributed by atoms with Crippen molar-refractivity contribution in [3.05, 3.63) is 53.9 Å². The maximum atomic E-state index is 11.9. The summed E-state index contributed by atoms with van der Waals surface area (Å²) in [5.74, 6) is -0.384. The third kappa shape index (κ3) is 3.31. The van der Waals surface area contributed by atoms with Crippen LogP contribution in [-0.4, -0.2) is 24.6 Å². The van der Waals surface area contributed by atoms with Gasteiger partial charge in [0.1, 0.15) is 0 Å². The first-order valence-corrected chi connectivity index (χ1v) is 6.78. The molecule has 5 nitrogen and oxygen atoms in total. The van der Waals surface area contributed by atoms with E-state index in [1.807, 2.05) is 19.1 Å². The molecule has 0 bridgehead atoms. The second-order valence-electron chi connectivity index (χ2n) is 4.60. The van der Waals surface area contributed by atoms with Gasteiger partial charge in [-0.05, 0) is 36.8 Å². The van der Waals surface area contributed by atoms with Gasteiger partial charge in [-0.25, -0.2) is 4.79 Å². The van der Waals surface area contributed by atoms with Crippen LogP contribution >= 0.6 is 0 Å². The number of esters is 1. The lowest BCUT2D eigenvalue weighted by Gasteiger charge is -2.26. The number of benzene rings is 1. The molecule has 0 atom stereocenters. The van der Waals surface area contributed by atoms with E-state index in [1.165, 1.54) is 7.11 Å². The fourth-order valence-corrected chi connectivity index (χ4v) is 2.25. The smallest absolute Gasteiger partial charge is 0.340 e. The van der Waals surface area contributed by atoms with Crippen molar-refractivity contribution in [3.8, 4) is 0 Å². The van der Waals surface area contributed by atoms with E-state index in [2.05, 4.69) is 9.88 Å². The number of hydrogen-bond acceptors (Lipinski definition) is 5. The molecule has 0 radical (unpaired) electrons. The lowest BCUT2D eigenvalue weighted by Crippen LogP contribution is -2.25. The van der Waals surface area contributed by atoms with E-state index >= 15 is 0 Å². The Bertz CT molecular complexity index is 614. The van der Waals surface area contributed by atoms with E-state index < -0.39 is 0 Å². The fourth-order valence-electron chi connectivity index (χ4n) is 2.25. The van der Waals surface area contributed by atoms with Crippen molar-refractivity contribution < 1.29 is 9.53 Å². The van der Waals surface area contributed by atoms with E-state index in [4.69, 9.17) is 10.5 Å². The summed E-state index contributed by atoms with van der Waals surface area (Å²) >= 11 is 0. The van der Waals surface area contributed by atoms with Crippen molar-refractivity contribution in [2.75, 3.05) is 24.3 Å². The summed E-state index contributed by atoms with van der Waals surface area (Å²) in [5.41, 5.74) is 8.94. The number of rotatable bonds is 5. The van der Waals surface area contributed by atoms with Crippen LogP contribution in [0.15, 0.2) is 42.7 Å². The Morgan fingerprint density at radius 3 is 2.62 bits per heavy atom. The second-order valence-corrected chi connectivity index (χ2v) is 4.60. The van der Waals surface area contributed by atoms with Gasteiger partial charge in [0.05, 0.1) is 24.0 Å². The van der Waals surface area contributed by atoms with Crippen molar-refractivity contribution in [3.63, 3.8) is 0 Å². The molecule has 0 aliphatic heterocycles. The van der Waals surface area contributed by atoms with Gasteiger partial charge in [-0.2, -0.15) is 0 Å². The van der Waals surface area contributed by atoms with Gasteiger partial charge >= 0.3 is 5.97 Å². The van der Waals surface area contributed by atoms with E-state index in [0.717, 1.165) is 12.1 Å². The first-order chi connectivity index (χ1) is 10.2. The minimum Gasteiger partial charge on any atom is -0.465 e. The van der Waals surface area contributed by atoms with E-state index in [-0.39, 0.29) is 5.97 Å². The molecule has 0 aliphatic carbocycles. The van der Waals surface area contributed by atoms with Crippen molar-refractivity contribution in [2.24, 2.45) is 0 Å². The van der Waals surface area contributed by atoms with Crippen LogP contribution in [-0.2, 0) is 11.3 Å². The lowest BCUT2D eigenvalue weighted by molar-refractivity contribution is 0.0601. The molecule has 110 valence electrons. The minimum atomic E-state index is -0.384. The second kappa shape index (κ2) is 6.74. The molecule has 0 amide bonds. The third-order valence-corrected chi connectivity index (χ3v) is 3.29. The highest BCUT2D eigenvalue weighted by molar-refractivity contribution is 5.99. The van der Waals surface area contributed by atoms with Gasteiger partial charge in [-0.3, -0.25) is 4.98 Å². The van der Waals surface area contributed by atoms with Crippen LogP contribution in [0.4, 0.5) is 11.4 Å². The molecule has 5 heteroatoms. The average molecular weight is 285 g/mol. The number of nitrogen functional groups attached to an aromatic ring is 1. The third-order valence-electron chi connectivity index (χ3n) is 3.29. The topological polar surface area (TPSA) is 68.5 Å². The van der Waals surface area contributed by atoms with Gasteiger partial charge in [-0.15, -0.1) is 0 Å². The Morgan fingerprint density at radius 1 is 1.29 bits per heavy atom. The Balaban J connectivity index is 2.40. The highest BCUT2D eigenvalue weighted by Gasteiger charge is 2.19. The predicted molar refractivity (Wildman–Crippen MR) is 83.2 cm³/mol. The normalized spacial score (nSPS) is 10.2. The number of para-hydroxylation sites is 1. The zero-order valence-electron chi connectivity index (χ0n) is 12.2. The first kappa shape index (κ1) is 14.8. The van der Waals surface area contributed by atoms with Crippen LogP contribution in [0.25, 0.3) is 0 Å². The summed E-state index contributed by atoms with van der Waals surface area (Å²) in [7, 11) is 1.37. The molecule has 2 rings (SSSR count). The first-order valence-electron chi connectivity index (χ1n) is 6.78. The molecule has 0 saturated heterocycles. The molecule has 0 saturated carbocycles. The Morgan fingerprint density at radius 2 is 2.00 bits per heavy atom. The molecule has 0 fully saturated rings. The van der Waals surface area contributed by atoms with Gasteiger partial charge in [0.2, 0.25) is 0 Å². The van der Waals surface area contributed by atoms with Gasteiger partial charge in [0, 0.05) is 25.5 Å². The van der Waals surface area contributed by atoms with Crippen LogP contribution in [0, 0.1) is 0 Å². The van der Waals surface area contributed by atoms with E-state index in [1.54, 1.807) is 30.6 Å². The number of pyridine rings is 1. The number of nitrogens with two attached hydrogens (primary N) is 1. The summed E-state index contributed by atoms with van der Waals surface area (Å²) in [6.07, 6.45) is 3.50. The van der Waals surface area contributed by atoms with Gasteiger partial charge < -0.3 is 15.4 Å². The molecule has 2 N–H and O–H groups in total. The average Bonchev–Trinajstić information content (AvgIpc) is 2.53. The van der Waals surface area contributed by atoms with E-state index in [0.29, 0.717) is 23.5 Å². The molecular weight excluding hydrogens is 266 g/mol. The van der Waals surface area contributed by atoms with Gasteiger partial charge in [0.25, 0.3) is 0 Å². The number of ether oxygens (including phenoxy) is 1. The predicted octanol–water partition coefficient (Wildman–Crippen LogP) is 2.48. The molecule has 0 spiro atoms. The maximum absolute atomic E-state index is 11.9. The number of anilines is 2. The van der Waals surface area contributed by atoms with Crippen LogP contribution < -0.4 is 10.6 Å². The molecule has 0 unspecified atom stereocenters. The summed E-state index contributed by atoms with van der Waals surface area (Å²) in [5, 5.41) is 0. The van der Waals surface area contributed by atoms with Crippen molar-refractivity contribution in [1.82, 2.24) is 4.98 Å². The number of carbonyl (C=O) groups excluding carboxylic acids is 1. The van der Waals surface area contributed by atoms with Crippen LogP contribution in [0.5, 0.6) is 0 Å². The zero-order chi connectivity index (χ0) is 15.2. The summed E-state index contributed by atoms with van der Waals surface area (Å²) in [6, 6.07) is 9.16. The van der Waals surface area contributed by atoms with Crippen LogP contribution in [0.1, 0.15) is 22.8 Å². The quantitative estimate of drug-likeness (QED) is 0.675. The van der Waals surface area contributed by atoms with Crippen molar-refractivity contribution in [2.45, 2.75) is 13.5 Å². The Kier molecular flexibility index (Phi) is 4.77. The number of hydrogen-bond donors (Lipinski definition) is 1. The zero-order valence-corrected chi connectivity index (χ0v) is 12.2.